The first-order chi connectivity index (χ1) is 13.4. The van der Waals surface area contributed by atoms with Crippen LogP contribution >= 0.6 is 0 Å². The number of nitrogens with zero attached hydrogens (tertiary/aromatic N) is 1. The highest BCUT2D eigenvalue weighted by Crippen LogP contribution is 2.20. The lowest BCUT2D eigenvalue weighted by molar-refractivity contribution is -0.385. The molecule has 7 nitrogen and oxygen atoms in total. The number of carbonyl (C=O) groups is 2. The van der Waals surface area contributed by atoms with Crippen molar-refractivity contribution < 1.29 is 19.2 Å². The number of para-hydroxylation sites is 1. The van der Waals surface area contributed by atoms with Crippen LogP contribution in [0, 0.1) is 10.1 Å². The summed E-state index contributed by atoms with van der Waals surface area (Å²) >= 11 is 0. The van der Waals surface area contributed by atoms with E-state index < -0.39 is 22.8 Å². The monoisotopic (exact) mass is 382 g/mol. The molecule has 0 heterocycles. The molecule has 28 heavy (non-hydrogen) atoms. The van der Waals surface area contributed by atoms with Crippen LogP contribution in [0.4, 0.5) is 5.69 Å². The van der Waals surface area contributed by atoms with Gasteiger partial charge in [-0.25, -0.2) is 0 Å². The van der Waals surface area contributed by atoms with Gasteiger partial charge in [-0.3, -0.25) is 19.7 Å². The van der Waals surface area contributed by atoms with Gasteiger partial charge in [-0.2, -0.15) is 0 Å². The minimum atomic E-state index is -0.574. The summed E-state index contributed by atoms with van der Waals surface area (Å²) in [5, 5.41) is 13.8. The first-order valence-corrected chi connectivity index (χ1v) is 8.83. The summed E-state index contributed by atoms with van der Waals surface area (Å²) in [6.07, 6.45) is 2.32. The van der Waals surface area contributed by atoms with Gasteiger partial charge in [-0.1, -0.05) is 42.5 Å². The third kappa shape index (κ3) is 6.35. The SMILES string of the molecule is CC(C)OC(=O)CC(NC(=O)/C=C/c1ccccc1[N+](=O)[O-])c1ccccc1. The summed E-state index contributed by atoms with van der Waals surface area (Å²) in [6, 6.07) is 14.6. The largest absolute Gasteiger partial charge is 0.463 e. The Balaban J connectivity index is 2.14. The van der Waals surface area contributed by atoms with Gasteiger partial charge in [0.05, 0.1) is 29.1 Å². The van der Waals surface area contributed by atoms with Gasteiger partial charge in [0.2, 0.25) is 5.91 Å². The molecule has 1 amide bonds. The second kappa shape index (κ2) is 10.0. The molecular weight excluding hydrogens is 360 g/mol. The highest BCUT2D eigenvalue weighted by molar-refractivity contribution is 5.92. The number of rotatable bonds is 8. The van der Waals surface area contributed by atoms with Crippen LogP contribution in [0.3, 0.4) is 0 Å². The second-order valence-corrected chi connectivity index (χ2v) is 6.36. The van der Waals surface area contributed by atoms with Gasteiger partial charge in [0.1, 0.15) is 0 Å². The van der Waals surface area contributed by atoms with E-state index in [4.69, 9.17) is 4.74 Å². The Hall–Kier alpha value is -3.48. The molecule has 0 spiro atoms. The van der Waals surface area contributed by atoms with Crippen LogP contribution in [-0.4, -0.2) is 22.9 Å². The smallest absolute Gasteiger partial charge is 0.308 e. The number of carbonyl (C=O) groups excluding carboxylic acids is 2. The maximum absolute atomic E-state index is 12.4. The Morgan fingerprint density at radius 1 is 1.11 bits per heavy atom. The number of nitro benzene ring substituents is 1. The van der Waals surface area contributed by atoms with Crippen molar-refractivity contribution in [3.63, 3.8) is 0 Å². The van der Waals surface area contributed by atoms with Crippen molar-refractivity contribution in [2.24, 2.45) is 0 Å². The number of amides is 1. The van der Waals surface area contributed by atoms with Crippen molar-refractivity contribution in [3.05, 3.63) is 81.9 Å². The summed E-state index contributed by atoms with van der Waals surface area (Å²) in [5.74, 6) is -0.892. The van der Waals surface area contributed by atoms with Crippen molar-refractivity contribution in [1.82, 2.24) is 5.32 Å². The van der Waals surface area contributed by atoms with Gasteiger partial charge < -0.3 is 10.1 Å². The van der Waals surface area contributed by atoms with Crippen LogP contribution in [0.5, 0.6) is 0 Å². The summed E-state index contributed by atoms with van der Waals surface area (Å²) < 4.78 is 5.17. The Morgan fingerprint density at radius 3 is 2.39 bits per heavy atom. The number of hydrogen-bond donors (Lipinski definition) is 1. The molecule has 0 aliphatic heterocycles. The maximum atomic E-state index is 12.4. The van der Waals surface area contributed by atoms with E-state index in [0.717, 1.165) is 5.56 Å². The summed E-state index contributed by atoms with van der Waals surface area (Å²) in [7, 11) is 0. The fourth-order valence-electron chi connectivity index (χ4n) is 2.60. The van der Waals surface area contributed by atoms with Crippen molar-refractivity contribution in [2.45, 2.75) is 32.4 Å². The lowest BCUT2D eigenvalue weighted by Crippen LogP contribution is -2.29. The van der Waals surface area contributed by atoms with Crippen molar-refractivity contribution in [1.29, 1.82) is 0 Å². The van der Waals surface area contributed by atoms with Gasteiger partial charge in [0.25, 0.3) is 5.69 Å². The molecule has 0 aliphatic rings. The molecule has 1 unspecified atom stereocenters. The number of ether oxygens (including phenoxy) is 1. The first-order valence-electron chi connectivity index (χ1n) is 8.83. The van der Waals surface area contributed by atoms with Crippen LogP contribution < -0.4 is 5.32 Å². The Labute approximate surface area is 163 Å². The summed E-state index contributed by atoms with van der Waals surface area (Å²) in [4.78, 5) is 35.0. The van der Waals surface area contributed by atoms with Crippen molar-refractivity contribution in [3.8, 4) is 0 Å². The zero-order valence-electron chi connectivity index (χ0n) is 15.7. The standard InChI is InChI=1S/C21H22N2O5/c1-15(2)28-21(25)14-18(16-8-4-3-5-9-16)22-20(24)13-12-17-10-6-7-11-19(17)23(26)27/h3-13,15,18H,14H2,1-2H3,(H,22,24)/b13-12+. The molecule has 1 N–H and O–H groups in total. The van der Waals surface area contributed by atoms with Gasteiger partial charge >= 0.3 is 5.97 Å². The molecule has 2 aromatic rings. The third-order valence-electron chi connectivity index (χ3n) is 3.80. The van der Waals surface area contributed by atoms with E-state index in [-0.39, 0.29) is 18.2 Å². The minimum Gasteiger partial charge on any atom is -0.463 e. The predicted octanol–water partition coefficient (Wildman–Crippen LogP) is 3.81. The molecule has 0 fully saturated rings. The molecular formula is C21H22N2O5. The molecule has 2 aromatic carbocycles. The van der Waals surface area contributed by atoms with E-state index in [9.17, 15) is 19.7 Å². The lowest BCUT2D eigenvalue weighted by atomic mass is 10.0. The molecule has 1 atom stereocenters. The second-order valence-electron chi connectivity index (χ2n) is 6.36. The highest BCUT2D eigenvalue weighted by atomic mass is 16.6. The number of esters is 1. The summed E-state index contributed by atoms with van der Waals surface area (Å²) in [5.41, 5.74) is 0.987. The fourth-order valence-corrected chi connectivity index (χ4v) is 2.60. The topological polar surface area (TPSA) is 98.5 Å². The van der Waals surface area contributed by atoms with Crippen LogP contribution in [0.15, 0.2) is 60.7 Å². The van der Waals surface area contributed by atoms with Crippen LogP contribution in [0.25, 0.3) is 6.08 Å². The van der Waals surface area contributed by atoms with Crippen LogP contribution in [0.1, 0.15) is 37.4 Å². The highest BCUT2D eigenvalue weighted by Gasteiger charge is 2.19. The van der Waals surface area contributed by atoms with E-state index in [0.29, 0.717) is 5.56 Å². The zero-order valence-corrected chi connectivity index (χ0v) is 15.7. The molecule has 0 saturated heterocycles. The number of nitro groups is 1. The van der Waals surface area contributed by atoms with E-state index in [1.54, 1.807) is 44.2 Å². The van der Waals surface area contributed by atoms with Crippen LogP contribution in [-0.2, 0) is 14.3 Å². The van der Waals surface area contributed by atoms with Crippen LogP contribution in [0.2, 0.25) is 0 Å². The van der Waals surface area contributed by atoms with E-state index in [1.807, 2.05) is 18.2 Å². The van der Waals surface area contributed by atoms with Crippen molar-refractivity contribution >= 4 is 23.6 Å². The van der Waals surface area contributed by atoms with E-state index in [1.165, 1.54) is 18.2 Å². The average Bonchev–Trinajstić information content (AvgIpc) is 2.66. The molecule has 0 aromatic heterocycles. The molecule has 0 bridgehead atoms. The molecule has 7 heteroatoms. The normalized spacial score (nSPS) is 12.0. The maximum Gasteiger partial charge on any atom is 0.308 e. The van der Waals surface area contributed by atoms with Gasteiger partial charge in [-0.05, 0) is 31.6 Å². The lowest BCUT2D eigenvalue weighted by Gasteiger charge is -2.18. The number of nitrogens with one attached hydrogen (secondary N) is 1. The van der Waals surface area contributed by atoms with Crippen molar-refractivity contribution in [2.75, 3.05) is 0 Å². The number of hydrogen-bond acceptors (Lipinski definition) is 5. The molecule has 0 aliphatic carbocycles. The van der Waals surface area contributed by atoms with E-state index in [2.05, 4.69) is 5.32 Å². The van der Waals surface area contributed by atoms with E-state index >= 15 is 0 Å². The Morgan fingerprint density at radius 2 is 1.75 bits per heavy atom. The predicted molar refractivity (Wildman–Crippen MR) is 105 cm³/mol. The molecule has 0 saturated carbocycles. The fraction of sp³-hybridized carbons (Fsp3) is 0.238. The average molecular weight is 382 g/mol. The quantitative estimate of drug-likeness (QED) is 0.324. The summed E-state index contributed by atoms with van der Waals surface area (Å²) in [6.45, 7) is 3.51. The van der Waals surface area contributed by atoms with Gasteiger partial charge in [-0.15, -0.1) is 0 Å². The Kier molecular flexibility index (Phi) is 7.45. The number of benzene rings is 2. The first kappa shape index (κ1) is 20.8. The third-order valence-corrected chi connectivity index (χ3v) is 3.80. The van der Waals surface area contributed by atoms with Gasteiger partial charge in [0, 0.05) is 12.1 Å². The van der Waals surface area contributed by atoms with Gasteiger partial charge in [0.15, 0.2) is 0 Å². The molecule has 146 valence electrons. The molecule has 0 radical (unpaired) electrons. The Bertz CT molecular complexity index is 862. The zero-order chi connectivity index (χ0) is 20.5. The molecule has 2 rings (SSSR count). The minimum absolute atomic E-state index is 0.0206.